The van der Waals surface area contributed by atoms with E-state index < -0.39 is 0 Å². The summed E-state index contributed by atoms with van der Waals surface area (Å²) in [6, 6.07) is 15.9. The van der Waals surface area contributed by atoms with Crippen LogP contribution in [0.4, 0.5) is 10.1 Å². The first-order chi connectivity index (χ1) is 12.6. The summed E-state index contributed by atoms with van der Waals surface area (Å²) < 4.78 is 13.2. The van der Waals surface area contributed by atoms with Crippen molar-refractivity contribution in [3.05, 3.63) is 65.5 Å². The van der Waals surface area contributed by atoms with E-state index in [9.17, 15) is 14.4 Å². The molecule has 134 valence electrons. The van der Waals surface area contributed by atoms with Crippen molar-refractivity contribution < 1.29 is 19.0 Å². The molecule has 6 heteroatoms. The van der Waals surface area contributed by atoms with Gasteiger partial charge in [0.1, 0.15) is 38.5 Å². The Labute approximate surface area is 152 Å². The first-order valence-corrected chi connectivity index (χ1v) is 8.84. The Balaban J connectivity index is 1.46. The number of benzene rings is 2. The van der Waals surface area contributed by atoms with Crippen LogP contribution in [0.2, 0.25) is 0 Å². The quantitative estimate of drug-likeness (QED) is 0.686. The van der Waals surface area contributed by atoms with Crippen LogP contribution in [0.3, 0.4) is 0 Å². The fraction of sp³-hybridized carbons (Fsp3) is 0.300. The van der Waals surface area contributed by atoms with Crippen LogP contribution in [0.15, 0.2) is 48.5 Å². The highest BCUT2D eigenvalue weighted by Crippen LogP contribution is 2.08. The van der Waals surface area contributed by atoms with E-state index in [0.29, 0.717) is 12.2 Å². The van der Waals surface area contributed by atoms with Crippen molar-refractivity contribution in [1.82, 2.24) is 0 Å². The number of amides is 1. The second-order valence-electron chi connectivity index (χ2n) is 6.68. The zero-order valence-electron chi connectivity index (χ0n) is 14.6. The largest absolute Gasteiger partial charge is 0.322 e. The summed E-state index contributed by atoms with van der Waals surface area (Å²) in [4.78, 5) is 14.8. The number of rotatable bonds is 5. The van der Waals surface area contributed by atoms with Gasteiger partial charge in [0.25, 0.3) is 5.91 Å². The van der Waals surface area contributed by atoms with Gasteiger partial charge in [0.2, 0.25) is 0 Å². The number of hydrogen-bond donors (Lipinski definition) is 3. The van der Waals surface area contributed by atoms with Crippen LogP contribution in [0.5, 0.6) is 0 Å². The van der Waals surface area contributed by atoms with E-state index in [1.165, 1.54) is 21.9 Å². The number of carbonyl (C=O) groups excluding carboxylic acids is 1. The minimum Gasteiger partial charge on any atom is -0.322 e. The molecule has 3 N–H and O–H groups in total. The summed E-state index contributed by atoms with van der Waals surface area (Å²) >= 11 is 0. The molecule has 1 heterocycles. The lowest BCUT2D eigenvalue weighted by molar-refractivity contribution is -1.02. The molecular weight excluding hydrogens is 331 g/mol. The molecule has 0 unspecified atom stereocenters. The number of anilines is 1. The van der Waals surface area contributed by atoms with Gasteiger partial charge < -0.3 is 15.1 Å². The Kier molecular flexibility index (Phi) is 5.95. The first kappa shape index (κ1) is 18.1. The van der Waals surface area contributed by atoms with Gasteiger partial charge in [0, 0.05) is 11.3 Å². The maximum atomic E-state index is 13.2. The summed E-state index contributed by atoms with van der Waals surface area (Å²) in [5.74, 6) is -0.450. The maximum absolute atomic E-state index is 13.2. The SMILES string of the molecule is N#Cc1ccccc1C[NH+]1CC[NH+](CC(=O)Nc2cccc(F)c2)CC1. The van der Waals surface area contributed by atoms with Crippen LogP contribution >= 0.6 is 0 Å². The van der Waals surface area contributed by atoms with Crippen molar-refractivity contribution in [1.29, 1.82) is 5.26 Å². The average molecular weight is 354 g/mol. The van der Waals surface area contributed by atoms with E-state index >= 15 is 0 Å². The summed E-state index contributed by atoms with van der Waals surface area (Å²) in [5, 5.41) is 11.9. The lowest BCUT2D eigenvalue weighted by Crippen LogP contribution is -3.28. The van der Waals surface area contributed by atoms with Gasteiger partial charge in [-0.25, -0.2) is 4.39 Å². The Hall–Kier alpha value is -2.75. The summed E-state index contributed by atoms with van der Waals surface area (Å²) in [6.45, 7) is 4.96. The van der Waals surface area contributed by atoms with Crippen molar-refractivity contribution in [2.24, 2.45) is 0 Å². The Morgan fingerprint density at radius 1 is 1.08 bits per heavy atom. The fourth-order valence-electron chi connectivity index (χ4n) is 3.36. The third-order valence-corrected chi connectivity index (χ3v) is 4.76. The van der Waals surface area contributed by atoms with Crippen LogP contribution in [-0.2, 0) is 11.3 Å². The molecule has 0 aromatic heterocycles. The number of halogens is 1. The smallest absolute Gasteiger partial charge is 0.279 e. The molecule has 26 heavy (non-hydrogen) atoms. The van der Waals surface area contributed by atoms with Crippen LogP contribution < -0.4 is 15.1 Å². The van der Waals surface area contributed by atoms with E-state index in [0.717, 1.165) is 43.9 Å². The molecular formula is C20H23FN4O+2. The van der Waals surface area contributed by atoms with Crippen molar-refractivity contribution >= 4 is 11.6 Å². The normalized spacial score (nSPS) is 19.5. The van der Waals surface area contributed by atoms with E-state index in [1.54, 1.807) is 12.1 Å². The monoisotopic (exact) mass is 354 g/mol. The molecule has 2 aromatic carbocycles. The van der Waals surface area contributed by atoms with Crippen molar-refractivity contribution in [2.45, 2.75) is 6.54 Å². The van der Waals surface area contributed by atoms with Crippen LogP contribution in [0.1, 0.15) is 11.1 Å². The van der Waals surface area contributed by atoms with Crippen molar-refractivity contribution in [3.8, 4) is 6.07 Å². The average Bonchev–Trinajstić information content (AvgIpc) is 2.64. The number of nitriles is 1. The lowest BCUT2D eigenvalue weighted by atomic mass is 10.1. The van der Waals surface area contributed by atoms with Crippen LogP contribution in [-0.4, -0.2) is 38.6 Å². The van der Waals surface area contributed by atoms with Crippen LogP contribution in [0.25, 0.3) is 0 Å². The van der Waals surface area contributed by atoms with Gasteiger partial charge in [-0.1, -0.05) is 24.3 Å². The summed E-state index contributed by atoms with van der Waals surface area (Å²) in [5.41, 5.74) is 2.31. The molecule has 0 aliphatic carbocycles. The molecule has 1 saturated heterocycles. The van der Waals surface area contributed by atoms with Gasteiger partial charge in [-0.05, 0) is 24.3 Å². The van der Waals surface area contributed by atoms with Gasteiger partial charge in [0.05, 0.1) is 11.6 Å². The molecule has 1 aliphatic rings. The van der Waals surface area contributed by atoms with Gasteiger partial charge in [-0.15, -0.1) is 0 Å². The minimum atomic E-state index is -0.356. The Morgan fingerprint density at radius 3 is 2.54 bits per heavy atom. The van der Waals surface area contributed by atoms with E-state index in [-0.39, 0.29) is 11.7 Å². The zero-order chi connectivity index (χ0) is 18.4. The fourth-order valence-corrected chi connectivity index (χ4v) is 3.36. The topological polar surface area (TPSA) is 61.8 Å². The Morgan fingerprint density at radius 2 is 1.81 bits per heavy atom. The molecule has 0 bridgehead atoms. The molecule has 3 rings (SSSR count). The van der Waals surface area contributed by atoms with Crippen molar-refractivity contribution in [3.63, 3.8) is 0 Å². The van der Waals surface area contributed by atoms with Gasteiger partial charge in [0.15, 0.2) is 6.54 Å². The molecule has 1 aliphatic heterocycles. The number of nitrogens with one attached hydrogen (secondary N) is 3. The minimum absolute atomic E-state index is 0.0936. The second kappa shape index (κ2) is 8.56. The number of piperazine rings is 1. The highest BCUT2D eigenvalue weighted by molar-refractivity contribution is 5.91. The number of nitrogens with zero attached hydrogens (tertiary/aromatic N) is 1. The first-order valence-electron chi connectivity index (χ1n) is 8.84. The summed E-state index contributed by atoms with van der Waals surface area (Å²) in [6.07, 6.45) is 0. The summed E-state index contributed by atoms with van der Waals surface area (Å²) in [7, 11) is 0. The third-order valence-electron chi connectivity index (χ3n) is 4.76. The molecule has 0 radical (unpaired) electrons. The van der Waals surface area contributed by atoms with Gasteiger partial charge >= 0.3 is 0 Å². The lowest BCUT2D eigenvalue weighted by Gasteiger charge is -2.29. The van der Waals surface area contributed by atoms with E-state index in [2.05, 4.69) is 11.4 Å². The van der Waals surface area contributed by atoms with Gasteiger partial charge in [-0.3, -0.25) is 4.79 Å². The van der Waals surface area contributed by atoms with E-state index in [1.807, 2.05) is 24.3 Å². The molecule has 1 amide bonds. The number of carbonyl (C=O) groups is 1. The van der Waals surface area contributed by atoms with Gasteiger partial charge in [-0.2, -0.15) is 5.26 Å². The molecule has 0 spiro atoms. The molecule has 5 nitrogen and oxygen atoms in total. The Bertz CT molecular complexity index is 809. The third kappa shape index (κ3) is 4.88. The van der Waals surface area contributed by atoms with Crippen LogP contribution in [0, 0.1) is 17.1 Å². The highest BCUT2D eigenvalue weighted by Gasteiger charge is 2.25. The zero-order valence-corrected chi connectivity index (χ0v) is 14.6. The standard InChI is InChI=1S/C20H21FN4O/c21-18-6-3-7-19(12-18)23-20(26)15-25-10-8-24(9-11-25)14-17-5-2-1-4-16(17)13-22/h1-7,12H,8-11,14-15H2,(H,23,26)/p+2. The second-order valence-corrected chi connectivity index (χ2v) is 6.68. The van der Waals surface area contributed by atoms with Crippen molar-refractivity contribution in [2.75, 3.05) is 38.0 Å². The molecule has 1 fully saturated rings. The number of quaternary nitrogens is 2. The highest BCUT2D eigenvalue weighted by atomic mass is 19.1. The molecule has 0 saturated carbocycles. The molecule has 2 aromatic rings. The predicted octanol–water partition coefficient (Wildman–Crippen LogP) is -0.381. The molecule has 0 atom stereocenters. The van der Waals surface area contributed by atoms with E-state index in [4.69, 9.17) is 0 Å². The number of hydrogen-bond acceptors (Lipinski definition) is 2. The predicted molar refractivity (Wildman–Crippen MR) is 96.2 cm³/mol. The maximum Gasteiger partial charge on any atom is 0.279 e.